The Morgan fingerprint density at radius 2 is 1.76 bits per heavy atom. The SMILES string of the molecule is O=C(c1cc(S(=O)(=O)Cl)cn1C1CCCC1)N1CCCC1. The molecule has 2 fully saturated rings. The van der Waals surface area contributed by atoms with E-state index >= 15 is 0 Å². The van der Waals surface area contributed by atoms with Gasteiger partial charge in [0.15, 0.2) is 0 Å². The van der Waals surface area contributed by atoms with Gasteiger partial charge < -0.3 is 9.47 Å². The molecule has 2 heterocycles. The Morgan fingerprint density at radius 3 is 2.33 bits per heavy atom. The molecular weight excluding hydrogens is 312 g/mol. The minimum absolute atomic E-state index is 0.0265. The van der Waals surface area contributed by atoms with Crippen LogP contribution in [0.1, 0.15) is 55.1 Å². The maximum absolute atomic E-state index is 12.6. The first kappa shape index (κ1) is 14.9. The summed E-state index contributed by atoms with van der Waals surface area (Å²) in [6, 6.07) is 1.64. The van der Waals surface area contributed by atoms with Crippen LogP contribution in [-0.2, 0) is 9.05 Å². The third-order valence-corrected chi connectivity index (χ3v) is 5.76. The number of nitrogens with zero attached hydrogens (tertiary/aromatic N) is 2. The molecule has 0 N–H and O–H groups in total. The maximum Gasteiger partial charge on any atom is 0.270 e. The van der Waals surface area contributed by atoms with Crippen molar-refractivity contribution in [3.63, 3.8) is 0 Å². The van der Waals surface area contributed by atoms with Crippen LogP contribution in [0.5, 0.6) is 0 Å². The van der Waals surface area contributed by atoms with Crippen molar-refractivity contribution in [2.45, 2.75) is 49.5 Å². The Balaban J connectivity index is 1.99. The van der Waals surface area contributed by atoms with Crippen molar-refractivity contribution in [2.24, 2.45) is 0 Å². The Hall–Kier alpha value is -1.01. The van der Waals surface area contributed by atoms with Gasteiger partial charge in [-0.2, -0.15) is 0 Å². The normalized spacial score (nSPS) is 20.3. The van der Waals surface area contributed by atoms with Gasteiger partial charge in [0.25, 0.3) is 15.0 Å². The number of halogens is 1. The number of carbonyl (C=O) groups is 1. The summed E-state index contributed by atoms with van der Waals surface area (Å²) in [6.45, 7) is 1.50. The van der Waals surface area contributed by atoms with E-state index < -0.39 is 9.05 Å². The smallest absolute Gasteiger partial charge is 0.270 e. The molecular formula is C14H19ClN2O3S. The third-order valence-electron chi connectivity index (χ3n) is 4.44. The summed E-state index contributed by atoms with van der Waals surface area (Å²) >= 11 is 0. The van der Waals surface area contributed by atoms with Crippen LogP contribution in [-0.4, -0.2) is 36.9 Å². The van der Waals surface area contributed by atoms with E-state index in [0.29, 0.717) is 5.69 Å². The highest BCUT2D eigenvalue weighted by atomic mass is 35.7. The summed E-state index contributed by atoms with van der Waals surface area (Å²) in [7, 11) is 1.64. The second kappa shape index (κ2) is 5.65. The first-order valence-corrected chi connectivity index (χ1v) is 9.73. The molecule has 2 aliphatic rings. The molecule has 0 aromatic carbocycles. The molecule has 1 saturated carbocycles. The molecule has 1 aliphatic carbocycles. The summed E-state index contributed by atoms with van der Waals surface area (Å²) in [6.07, 6.45) is 7.74. The van der Waals surface area contributed by atoms with Crippen LogP contribution < -0.4 is 0 Å². The van der Waals surface area contributed by atoms with Crippen molar-refractivity contribution in [3.8, 4) is 0 Å². The number of rotatable bonds is 3. The van der Waals surface area contributed by atoms with Crippen molar-refractivity contribution >= 4 is 25.6 Å². The van der Waals surface area contributed by atoms with Gasteiger partial charge in [0, 0.05) is 36.0 Å². The minimum Gasteiger partial charge on any atom is -0.339 e. The zero-order valence-corrected chi connectivity index (χ0v) is 13.4. The molecule has 0 spiro atoms. The summed E-state index contributed by atoms with van der Waals surface area (Å²) in [4.78, 5) is 14.5. The minimum atomic E-state index is -3.81. The van der Waals surface area contributed by atoms with Gasteiger partial charge in [-0.15, -0.1) is 0 Å². The monoisotopic (exact) mass is 330 g/mol. The number of hydrogen-bond donors (Lipinski definition) is 0. The lowest BCUT2D eigenvalue weighted by Gasteiger charge is -2.20. The molecule has 1 aliphatic heterocycles. The standard InChI is InChI=1S/C14H19ClN2O3S/c15-21(19,20)12-9-13(14(18)16-7-3-4-8-16)17(10-12)11-5-1-2-6-11/h9-11H,1-8H2. The first-order valence-electron chi connectivity index (χ1n) is 7.42. The van der Waals surface area contributed by atoms with Crippen molar-refractivity contribution < 1.29 is 13.2 Å². The third kappa shape index (κ3) is 2.97. The van der Waals surface area contributed by atoms with Crippen LogP contribution in [0.4, 0.5) is 0 Å². The second-order valence-corrected chi connectivity index (χ2v) is 8.41. The molecule has 0 radical (unpaired) electrons. The van der Waals surface area contributed by atoms with Crippen LogP contribution in [0.2, 0.25) is 0 Å². The molecule has 1 aromatic rings. The van der Waals surface area contributed by atoms with Crippen LogP contribution in [0, 0.1) is 0 Å². The van der Waals surface area contributed by atoms with Gasteiger partial charge in [0.05, 0.1) is 0 Å². The van der Waals surface area contributed by atoms with Gasteiger partial charge in [-0.1, -0.05) is 12.8 Å². The molecule has 0 unspecified atom stereocenters. The molecule has 5 nitrogen and oxygen atoms in total. The average Bonchev–Trinajstić information content (AvgIpc) is 3.16. The lowest BCUT2D eigenvalue weighted by atomic mass is 10.2. The van der Waals surface area contributed by atoms with Crippen LogP contribution in [0.25, 0.3) is 0 Å². The summed E-state index contributed by atoms with van der Waals surface area (Å²) in [5.41, 5.74) is 0.461. The molecule has 21 heavy (non-hydrogen) atoms. The molecule has 1 saturated heterocycles. The van der Waals surface area contributed by atoms with E-state index in [1.165, 1.54) is 12.3 Å². The van der Waals surface area contributed by atoms with Crippen molar-refractivity contribution in [1.29, 1.82) is 0 Å². The van der Waals surface area contributed by atoms with E-state index in [9.17, 15) is 13.2 Å². The average molecular weight is 331 g/mol. The molecule has 0 atom stereocenters. The number of likely N-dealkylation sites (tertiary alicyclic amines) is 1. The molecule has 116 valence electrons. The van der Waals surface area contributed by atoms with Crippen LogP contribution in [0.3, 0.4) is 0 Å². The molecule has 0 bridgehead atoms. The number of hydrogen-bond acceptors (Lipinski definition) is 3. The van der Waals surface area contributed by atoms with E-state index in [2.05, 4.69) is 0 Å². The van der Waals surface area contributed by atoms with Crippen LogP contribution in [0.15, 0.2) is 17.2 Å². The van der Waals surface area contributed by atoms with Gasteiger partial charge in [0.1, 0.15) is 10.6 Å². The predicted octanol–water partition coefficient (Wildman–Crippen LogP) is 2.77. The van der Waals surface area contributed by atoms with Gasteiger partial charge in [-0.3, -0.25) is 4.79 Å². The fourth-order valence-electron chi connectivity index (χ4n) is 3.33. The quantitative estimate of drug-likeness (QED) is 0.801. The Kier molecular flexibility index (Phi) is 4.01. The molecule has 1 amide bonds. The van der Waals surface area contributed by atoms with E-state index in [1.54, 1.807) is 4.90 Å². The van der Waals surface area contributed by atoms with Crippen molar-refractivity contribution in [3.05, 3.63) is 18.0 Å². The van der Waals surface area contributed by atoms with Crippen molar-refractivity contribution in [1.82, 2.24) is 9.47 Å². The summed E-state index contributed by atoms with van der Waals surface area (Å²) in [5.74, 6) is -0.0778. The van der Waals surface area contributed by atoms with E-state index in [0.717, 1.165) is 51.6 Å². The van der Waals surface area contributed by atoms with Gasteiger partial charge in [-0.25, -0.2) is 8.42 Å². The lowest BCUT2D eigenvalue weighted by Crippen LogP contribution is -2.30. The molecule has 1 aromatic heterocycles. The fraction of sp³-hybridized carbons (Fsp3) is 0.643. The zero-order valence-electron chi connectivity index (χ0n) is 11.8. The predicted molar refractivity (Wildman–Crippen MR) is 80.1 cm³/mol. The van der Waals surface area contributed by atoms with Crippen molar-refractivity contribution in [2.75, 3.05) is 13.1 Å². The Bertz CT molecular complexity index is 641. The molecule has 7 heteroatoms. The number of carbonyl (C=O) groups excluding carboxylic acids is 1. The van der Waals surface area contributed by atoms with Gasteiger partial charge in [0.2, 0.25) is 0 Å². The first-order chi connectivity index (χ1) is 9.97. The lowest BCUT2D eigenvalue weighted by molar-refractivity contribution is 0.0779. The summed E-state index contributed by atoms with van der Waals surface area (Å²) < 4.78 is 25.0. The zero-order chi connectivity index (χ0) is 15.0. The molecule has 3 rings (SSSR count). The largest absolute Gasteiger partial charge is 0.339 e. The van der Waals surface area contributed by atoms with Gasteiger partial charge in [-0.05, 0) is 31.7 Å². The van der Waals surface area contributed by atoms with Crippen LogP contribution >= 0.6 is 10.7 Å². The highest BCUT2D eigenvalue weighted by Crippen LogP contribution is 2.33. The Labute approximate surface area is 129 Å². The van der Waals surface area contributed by atoms with Gasteiger partial charge >= 0.3 is 0 Å². The topological polar surface area (TPSA) is 59.4 Å². The number of amides is 1. The Morgan fingerprint density at radius 1 is 1.14 bits per heavy atom. The summed E-state index contributed by atoms with van der Waals surface area (Å²) in [5, 5.41) is 0. The highest BCUT2D eigenvalue weighted by Gasteiger charge is 2.29. The fourth-order valence-corrected chi connectivity index (χ4v) is 4.07. The maximum atomic E-state index is 12.6. The second-order valence-electron chi connectivity index (χ2n) is 5.84. The highest BCUT2D eigenvalue weighted by molar-refractivity contribution is 8.13. The van der Waals surface area contributed by atoms with E-state index in [4.69, 9.17) is 10.7 Å². The number of aromatic nitrogens is 1. The van der Waals surface area contributed by atoms with E-state index in [-0.39, 0.29) is 16.8 Å². The van der Waals surface area contributed by atoms with E-state index in [1.807, 2.05) is 4.57 Å².